The van der Waals surface area contributed by atoms with Crippen molar-refractivity contribution in [3.8, 4) is 0 Å². The van der Waals surface area contributed by atoms with E-state index in [1.165, 1.54) is 6.07 Å². The monoisotopic (exact) mass is 251 g/mol. The predicted octanol–water partition coefficient (Wildman–Crippen LogP) is 1.37. The molecule has 1 aromatic carbocycles. The van der Waals surface area contributed by atoms with Gasteiger partial charge in [-0.15, -0.1) is 0 Å². The normalized spacial score (nSPS) is 11.9. The fraction of sp³-hybridized carbons (Fsp3) is 0.417. The van der Waals surface area contributed by atoms with E-state index in [9.17, 15) is 14.9 Å². The number of nitrogens with one attached hydrogen (secondary N) is 1. The number of hydrogen-bond acceptors (Lipinski definition) is 4. The van der Waals surface area contributed by atoms with Crippen molar-refractivity contribution in [1.29, 1.82) is 0 Å². The smallest absolute Gasteiger partial charge is 0.285 e. The third-order valence-corrected chi connectivity index (χ3v) is 2.55. The van der Waals surface area contributed by atoms with Gasteiger partial charge in [0.15, 0.2) is 0 Å². The number of nitro groups is 1. The van der Waals surface area contributed by atoms with E-state index in [2.05, 4.69) is 5.32 Å². The molecular formula is C12H17N3O3. The number of aryl methyl sites for hydroxylation is 1. The Balaban J connectivity index is 2.86. The number of nitrogens with zero attached hydrogens (tertiary/aromatic N) is 1. The fourth-order valence-corrected chi connectivity index (χ4v) is 1.59. The van der Waals surface area contributed by atoms with Gasteiger partial charge in [-0.25, -0.2) is 0 Å². The van der Waals surface area contributed by atoms with Crippen molar-refractivity contribution in [3.05, 3.63) is 39.4 Å². The number of nitro benzene ring substituents is 1. The van der Waals surface area contributed by atoms with Gasteiger partial charge in [0.05, 0.1) is 4.92 Å². The number of carbonyl (C=O) groups is 1. The summed E-state index contributed by atoms with van der Waals surface area (Å²) in [5.41, 5.74) is 5.98. The second-order valence-electron chi connectivity index (χ2n) is 4.25. The fourth-order valence-electron chi connectivity index (χ4n) is 1.59. The van der Waals surface area contributed by atoms with E-state index in [4.69, 9.17) is 5.73 Å². The Kier molecular flexibility index (Phi) is 4.79. The molecule has 0 bridgehead atoms. The Morgan fingerprint density at radius 2 is 2.22 bits per heavy atom. The maximum absolute atomic E-state index is 11.8. The molecule has 0 aromatic heterocycles. The van der Waals surface area contributed by atoms with Gasteiger partial charge in [0.25, 0.3) is 11.6 Å². The van der Waals surface area contributed by atoms with Gasteiger partial charge in [-0.05, 0) is 26.3 Å². The lowest BCUT2D eigenvalue weighted by Crippen LogP contribution is -2.29. The number of hydrogen-bond donors (Lipinski definition) is 2. The van der Waals surface area contributed by atoms with Crippen LogP contribution < -0.4 is 11.1 Å². The summed E-state index contributed by atoms with van der Waals surface area (Å²) in [6.45, 7) is 3.85. The molecule has 0 aliphatic carbocycles. The zero-order valence-corrected chi connectivity index (χ0v) is 10.5. The molecular weight excluding hydrogens is 234 g/mol. The standard InChI is InChI=1S/C12H17N3O3/c1-8-4-3-5-10(11(8)15(17)18)12(16)14-7-6-9(2)13/h3-5,9H,6-7,13H2,1-2H3,(H,14,16). The van der Waals surface area contributed by atoms with Crippen LogP contribution in [0.5, 0.6) is 0 Å². The Hall–Kier alpha value is -1.95. The Bertz CT molecular complexity index is 458. The molecule has 6 heteroatoms. The van der Waals surface area contributed by atoms with Crippen molar-refractivity contribution in [2.75, 3.05) is 6.54 Å². The quantitative estimate of drug-likeness (QED) is 0.610. The minimum absolute atomic E-state index is 0.0159. The van der Waals surface area contributed by atoms with Crippen LogP contribution in [-0.4, -0.2) is 23.4 Å². The summed E-state index contributed by atoms with van der Waals surface area (Å²) in [7, 11) is 0. The predicted molar refractivity (Wildman–Crippen MR) is 68.4 cm³/mol. The topological polar surface area (TPSA) is 98.3 Å². The second-order valence-corrected chi connectivity index (χ2v) is 4.25. The van der Waals surface area contributed by atoms with Gasteiger partial charge in [0.2, 0.25) is 0 Å². The molecule has 0 radical (unpaired) electrons. The highest BCUT2D eigenvalue weighted by Gasteiger charge is 2.21. The Morgan fingerprint density at radius 1 is 1.56 bits per heavy atom. The van der Waals surface area contributed by atoms with Crippen molar-refractivity contribution in [2.24, 2.45) is 5.73 Å². The number of rotatable bonds is 5. The highest BCUT2D eigenvalue weighted by Crippen LogP contribution is 2.22. The molecule has 1 unspecified atom stereocenters. The van der Waals surface area contributed by atoms with Crippen molar-refractivity contribution >= 4 is 11.6 Å². The molecule has 1 aromatic rings. The molecule has 1 rings (SSSR count). The van der Waals surface area contributed by atoms with Gasteiger partial charge in [0, 0.05) is 18.2 Å². The van der Waals surface area contributed by atoms with E-state index in [0.717, 1.165) is 0 Å². The molecule has 0 saturated heterocycles. The summed E-state index contributed by atoms with van der Waals surface area (Å²) >= 11 is 0. The molecule has 1 atom stereocenters. The average Bonchev–Trinajstić information content (AvgIpc) is 2.27. The van der Waals surface area contributed by atoms with Gasteiger partial charge < -0.3 is 11.1 Å². The lowest BCUT2D eigenvalue weighted by atomic mass is 10.1. The van der Waals surface area contributed by atoms with Crippen LogP contribution in [-0.2, 0) is 0 Å². The molecule has 0 aliphatic rings. The maximum Gasteiger partial charge on any atom is 0.285 e. The first-order valence-electron chi connectivity index (χ1n) is 5.71. The van der Waals surface area contributed by atoms with Crippen LogP contribution in [0.15, 0.2) is 18.2 Å². The van der Waals surface area contributed by atoms with E-state index in [1.807, 2.05) is 6.92 Å². The van der Waals surface area contributed by atoms with Gasteiger partial charge in [0.1, 0.15) is 5.56 Å². The second kappa shape index (κ2) is 6.11. The summed E-state index contributed by atoms with van der Waals surface area (Å²) < 4.78 is 0. The van der Waals surface area contributed by atoms with Crippen LogP contribution in [0.2, 0.25) is 0 Å². The third-order valence-electron chi connectivity index (χ3n) is 2.55. The van der Waals surface area contributed by atoms with Crippen LogP contribution in [0.25, 0.3) is 0 Å². The first kappa shape index (κ1) is 14.1. The molecule has 3 N–H and O–H groups in total. The molecule has 0 fully saturated rings. The summed E-state index contributed by atoms with van der Waals surface area (Å²) in [5.74, 6) is -0.439. The van der Waals surface area contributed by atoms with E-state index in [-0.39, 0.29) is 17.3 Å². The molecule has 1 amide bonds. The van der Waals surface area contributed by atoms with Crippen LogP contribution in [0.4, 0.5) is 5.69 Å². The maximum atomic E-state index is 11.8. The molecule has 6 nitrogen and oxygen atoms in total. The lowest BCUT2D eigenvalue weighted by molar-refractivity contribution is -0.385. The summed E-state index contributed by atoms with van der Waals surface area (Å²) in [6, 6.07) is 4.67. The van der Waals surface area contributed by atoms with Crippen LogP contribution >= 0.6 is 0 Å². The zero-order valence-electron chi connectivity index (χ0n) is 10.5. The first-order chi connectivity index (χ1) is 8.43. The molecule has 18 heavy (non-hydrogen) atoms. The summed E-state index contributed by atoms with van der Waals surface area (Å²) in [5, 5.41) is 13.6. The van der Waals surface area contributed by atoms with Crippen molar-refractivity contribution in [1.82, 2.24) is 5.32 Å². The van der Waals surface area contributed by atoms with Crippen molar-refractivity contribution in [2.45, 2.75) is 26.3 Å². The molecule has 98 valence electrons. The zero-order chi connectivity index (χ0) is 13.7. The molecule has 0 heterocycles. The Labute approximate surface area is 105 Å². The summed E-state index contributed by atoms with van der Waals surface area (Å²) in [6.07, 6.45) is 0.630. The minimum atomic E-state index is -0.532. The number of para-hydroxylation sites is 1. The van der Waals surface area contributed by atoms with Crippen molar-refractivity contribution in [3.63, 3.8) is 0 Å². The van der Waals surface area contributed by atoms with Crippen molar-refractivity contribution < 1.29 is 9.72 Å². The average molecular weight is 251 g/mol. The summed E-state index contributed by atoms with van der Waals surface area (Å²) in [4.78, 5) is 22.2. The van der Waals surface area contributed by atoms with E-state index >= 15 is 0 Å². The van der Waals surface area contributed by atoms with Crippen LogP contribution in [0, 0.1) is 17.0 Å². The molecule has 0 spiro atoms. The van der Waals surface area contributed by atoms with Gasteiger partial charge in [-0.2, -0.15) is 0 Å². The van der Waals surface area contributed by atoms with E-state index in [0.29, 0.717) is 18.5 Å². The van der Waals surface area contributed by atoms with Gasteiger partial charge >= 0.3 is 0 Å². The van der Waals surface area contributed by atoms with Crippen LogP contribution in [0.1, 0.15) is 29.3 Å². The molecule has 0 aliphatic heterocycles. The molecule has 0 saturated carbocycles. The highest BCUT2D eigenvalue weighted by atomic mass is 16.6. The van der Waals surface area contributed by atoms with Gasteiger partial charge in [-0.1, -0.05) is 12.1 Å². The Morgan fingerprint density at radius 3 is 2.78 bits per heavy atom. The lowest BCUT2D eigenvalue weighted by Gasteiger charge is -2.08. The van der Waals surface area contributed by atoms with Crippen LogP contribution in [0.3, 0.4) is 0 Å². The minimum Gasteiger partial charge on any atom is -0.352 e. The largest absolute Gasteiger partial charge is 0.352 e. The van der Waals surface area contributed by atoms with E-state index < -0.39 is 10.8 Å². The number of benzene rings is 1. The number of carbonyl (C=O) groups excluding carboxylic acids is 1. The number of amides is 1. The number of nitrogens with two attached hydrogens (primary N) is 1. The van der Waals surface area contributed by atoms with Gasteiger partial charge in [-0.3, -0.25) is 14.9 Å². The van der Waals surface area contributed by atoms with E-state index in [1.54, 1.807) is 19.1 Å². The highest BCUT2D eigenvalue weighted by molar-refractivity contribution is 5.98. The first-order valence-corrected chi connectivity index (χ1v) is 5.71. The third kappa shape index (κ3) is 3.53. The SMILES string of the molecule is Cc1cccc(C(=O)NCCC(C)N)c1[N+](=O)[O-].